The molecule has 1 aromatic carbocycles. The molecule has 100 valence electrons. The van der Waals surface area contributed by atoms with Crippen molar-refractivity contribution in [3.63, 3.8) is 0 Å². The molecule has 1 amide bonds. The third-order valence-electron chi connectivity index (χ3n) is 4.96. The average molecular weight is 260 g/mol. The van der Waals surface area contributed by atoms with Gasteiger partial charge in [-0.1, -0.05) is 12.8 Å². The molecule has 4 heteroatoms. The van der Waals surface area contributed by atoms with Gasteiger partial charge in [0.25, 0.3) is 0 Å². The van der Waals surface area contributed by atoms with Crippen LogP contribution in [0.3, 0.4) is 0 Å². The molecule has 3 nitrogen and oxygen atoms in total. The zero-order chi connectivity index (χ0) is 13.2. The third kappa shape index (κ3) is 1.34. The van der Waals surface area contributed by atoms with Gasteiger partial charge in [-0.05, 0) is 37.3 Å². The van der Waals surface area contributed by atoms with Crippen LogP contribution in [0.4, 0.5) is 15.8 Å². The topological polar surface area (TPSA) is 46.3 Å². The van der Waals surface area contributed by atoms with Crippen LogP contribution in [0.2, 0.25) is 0 Å². The molecule has 2 N–H and O–H groups in total. The highest BCUT2D eigenvalue weighted by Gasteiger charge is 2.60. The fraction of sp³-hybridized carbons (Fsp3) is 0.533. The summed E-state index contributed by atoms with van der Waals surface area (Å²) < 4.78 is 13.8. The van der Waals surface area contributed by atoms with Crippen molar-refractivity contribution in [2.24, 2.45) is 0 Å². The van der Waals surface area contributed by atoms with E-state index in [4.69, 9.17) is 5.73 Å². The van der Waals surface area contributed by atoms with E-state index in [1.807, 2.05) is 4.90 Å². The minimum absolute atomic E-state index is 0.158. The molecule has 1 spiro atoms. The van der Waals surface area contributed by atoms with Crippen LogP contribution in [-0.2, 0) is 10.2 Å². The van der Waals surface area contributed by atoms with Crippen LogP contribution in [0.15, 0.2) is 12.1 Å². The standard InChI is InChI=1S/C15H17FN2O/c16-11-8-13-10(7-12(11)17)15(5-6-15)14(19)18(13)9-3-1-2-4-9/h7-9H,1-6,17H2. The predicted octanol–water partition coefficient (Wildman–Crippen LogP) is 2.73. The summed E-state index contributed by atoms with van der Waals surface area (Å²) in [6.45, 7) is 0. The molecule has 4 rings (SSSR count). The van der Waals surface area contributed by atoms with Gasteiger partial charge in [0.1, 0.15) is 5.82 Å². The number of anilines is 2. The summed E-state index contributed by atoms with van der Waals surface area (Å²) >= 11 is 0. The first-order chi connectivity index (χ1) is 9.13. The maximum atomic E-state index is 13.8. The number of carbonyl (C=O) groups is 1. The van der Waals surface area contributed by atoms with Gasteiger partial charge in [-0.3, -0.25) is 4.79 Å². The number of amides is 1. The SMILES string of the molecule is Nc1cc2c(cc1F)N(C1CCCC1)C(=O)C21CC1. The smallest absolute Gasteiger partial charge is 0.237 e. The largest absolute Gasteiger partial charge is 0.396 e. The van der Waals surface area contributed by atoms with Gasteiger partial charge >= 0.3 is 0 Å². The molecule has 0 radical (unpaired) electrons. The number of rotatable bonds is 1. The van der Waals surface area contributed by atoms with Crippen LogP contribution in [-0.4, -0.2) is 11.9 Å². The lowest BCUT2D eigenvalue weighted by Crippen LogP contribution is -2.39. The first-order valence-corrected chi connectivity index (χ1v) is 7.07. The fourth-order valence-corrected chi connectivity index (χ4v) is 3.75. The van der Waals surface area contributed by atoms with Crippen LogP contribution < -0.4 is 10.6 Å². The molecule has 19 heavy (non-hydrogen) atoms. The van der Waals surface area contributed by atoms with Gasteiger partial charge in [0.05, 0.1) is 16.8 Å². The number of benzene rings is 1. The molecule has 0 aromatic heterocycles. The number of nitrogens with two attached hydrogens (primary N) is 1. The molecular weight excluding hydrogens is 243 g/mol. The van der Waals surface area contributed by atoms with Crippen LogP contribution >= 0.6 is 0 Å². The van der Waals surface area contributed by atoms with E-state index in [9.17, 15) is 9.18 Å². The summed E-state index contributed by atoms with van der Waals surface area (Å²) in [5, 5.41) is 0. The van der Waals surface area contributed by atoms with E-state index in [2.05, 4.69) is 0 Å². The van der Waals surface area contributed by atoms with Crippen molar-refractivity contribution in [3.8, 4) is 0 Å². The van der Waals surface area contributed by atoms with Crippen molar-refractivity contribution < 1.29 is 9.18 Å². The Kier molecular flexibility index (Phi) is 2.07. The normalized spacial score (nSPS) is 24.3. The summed E-state index contributed by atoms with van der Waals surface area (Å²) in [6, 6.07) is 3.41. The van der Waals surface area contributed by atoms with E-state index in [-0.39, 0.29) is 23.1 Å². The molecule has 3 aliphatic rings. The molecule has 2 aliphatic carbocycles. The van der Waals surface area contributed by atoms with Gasteiger partial charge in [-0.15, -0.1) is 0 Å². The molecule has 2 saturated carbocycles. The lowest BCUT2D eigenvalue weighted by molar-refractivity contribution is -0.120. The number of hydrogen-bond acceptors (Lipinski definition) is 2. The number of hydrogen-bond donors (Lipinski definition) is 1. The highest BCUT2D eigenvalue weighted by molar-refractivity contribution is 6.10. The molecule has 1 aromatic rings. The molecule has 1 heterocycles. The summed E-state index contributed by atoms with van der Waals surface area (Å²) in [5.74, 6) is -0.230. The van der Waals surface area contributed by atoms with Crippen LogP contribution in [0.1, 0.15) is 44.1 Å². The Morgan fingerprint density at radius 3 is 2.58 bits per heavy atom. The lowest BCUT2D eigenvalue weighted by Gasteiger charge is -2.25. The van der Waals surface area contributed by atoms with Gasteiger partial charge in [0.2, 0.25) is 5.91 Å². The summed E-state index contributed by atoms with van der Waals surface area (Å²) in [6.07, 6.45) is 6.16. The summed E-state index contributed by atoms with van der Waals surface area (Å²) in [5.41, 5.74) is 7.22. The highest BCUT2D eigenvalue weighted by atomic mass is 19.1. The quantitative estimate of drug-likeness (QED) is 0.789. The van der Waals surface area contributed by atoms with Crippen molar-refractivity contribution in [2.75, 3.05) is 10.6 Å². The average Bonchev–Trinajstić information content (AvgIpc) is 2.96. The maximum absolute atomic E-state index is 13.8. The van der Waals surface area contributed by atoms with Crippen molar-refractivity contribution in [1.82, 2.24) is 0 Å². The second-order valence-corrected chi connectivity index (χ2v) is 6.09. The summed E-state index contributed by atoms with van der Waals surface area (Å²) in [7, 11) is 0. The van der Waals surface area contributed by atoms with E-state index in [0.29, 0.717) is 0 Å². The predicted molar refractivity (Wildman–Crippen MR) is 71.5 cm³/mol. The van der Waals surface area contributed by atoms with Gasteiger partial charge in [0, 0.05) is 12.1 Å². The molecule has 0 bridgehead atoms. The summed E-state index contributed by atoms with van der Waals surface area (Å²) in [4.78, 5) is 14.6. The Hall–Kier alpha value is -1.58. The second kappa shape index (κ2) is 3.50. The lowest BCUT2D eigenvalue weighted by atomic mass is 9.97. The van der Waals surface area contributed by atoms with Gasteiger partial charge in [-0.2, -0.15) is 0 Å². The molecule has 2 fully saturated rings. The van der Waals surface area contributed by atoms with Gasteiger partial charge < -0.3 is 10.6 Å². The van der Waals surface area contributed by atoms with Crippen LogP contribution in [0.25, 0.3) is 0 Å². The van der Waals surface area contributed by atoms with Crippen molar-refractivity contribution in [3.05, 3.63) is 23.5 Å². The van der Waals surface area contributed by atoms with Crippen molar-refractivity contribution in [1.29, 1.82) is 0 Å². The highest BCUT2D eigenvalue weighted by Crippen LogP contribution is 2.59. The number of carbonyl (C=O) groups excluding carboxylic acids is 1. The number of fused-ring (bicyclic) bond motifs is 2. The monoisotopic (exact) mass is 260 g/mol. The van der Waals surface area contributed by atoms with Gasteiger partial charge in [0.15, 0.2) is 0 Å². The van der Waals surface area contributed by atoms with E-state index >= 15 is 0 Å². The zero-order valence-electron chi connectivity index (χ0n) is 10.8. The zero-order valence-corrected chi connectivity index (χ0v) is 10.8. The van der Waals surface area contributed by atoms with E-state index in [0.717, 1.165) is 49.8 Å². The second-order valence-electron chi connectivity index (χ2n) is 6.09. The Morgan fingerprint density at radius 1 is 1.26 bits per heavy atom. The molecule has 0 atom stereocenters. The van der Waals surface area contributed by atoms with Crippen LogP contribution in [0.5, 0.6) is 0 Å². The van der Waals surface area contributed by atoms with Crippen molar-refractivity contribution >= 4 is 17.3 Å². The molecule has 0 saturated heterocycles. The fourth-order valence-electron chi connectivity index (χ4n) is 3.75. The number of nitrogens with zero attached hydrogens (tertiary/aromatic N) is 1. The third-order valence-corrected chi connectivity index (χ3v) is 4.96. The molecule has 1 aliphatic heterocycles. The Balaban J connectivity index is 1.87. The maximum Gasteiger partial charge on any atom is 0.237 e. The van der Waals surface area contributed by atoms with E-state index in [1.165, 1.54) is 6.07 Å². The van der Waals surface area contributed by atoms with Gasteiger partial charge in [-0.25, -0.2) is 4.39 Å². The van der Waals surface area contributed by atoms with E-state index < -0.39 is 5.82 Å². The number of halogens is 1. The molecule has 0 unspecified atom stereocenters. The minimum atomic E-state index is -0.410. The van der Waals surface area contributed by atoms with Crippen molar-refractivity contribution in [2.45, 2.75) is 50.0 Å². The minimum Gasteiger partial charge on any atom is -0.396 e. The Bertz CT molecular complexity index is 574. The Morgan fingerprint density at radius 2 is 1.95 bits per heavy atom. The van der Waals surface area contributed by atoms with Crippen LogP contribution in [0, 0.1) is 5.82 Å². The first kappa shape index (κ1) is 11.3. The Labute approximate surface area is 111 Å². The van der Waals surface area contributed by atoms with E-state index in [1.54, 1.807) is 6.07 Å². The number of nitrogen functional groups attached to an aromatic ring is 1. The molecular formula is C15H17FN2O. The first-order valence-electron chi connectivity index (χ1n) is 7.07.